The normalized spacial score (nSPS) is 19.9. The molecule has 0 N–H and O–H groups in total. The van der Waals surface area contributed by atoms with Crippen LogP contribution in [0, 0.1) is 12.5 Å². The van der Waals surface area contributed by atoms with E-state index in [2.05, 4.69) is 4.85 Å². The molecule has 1 fully saturated rings. The Morgan fingerprint density at radius 2 is 2.16 bits per heavy atom. The van der Waals surface area contributed by atoms with E-state index in [4.69, 9.17) is 11.3 Å². The van der Waals surface area contributed by atoms with Crippen LogP contribution < -0.4 is 0 Å². The molecule has 0 aromatic carbocycles. The second-order valence-electron chi connectivity index (χ2n) is 6.31. The first-order valence-electron chi connectivity index (χ1n) is 7.23. The third kappa shape index (κ3) is 6.47. The van der Waals surface area contributed by atoms with E-state index in [0.717, 1.165) is 38.8 Å². The van der Waals surface area contributed by atoms with Crippen LogP contribution in [-0.4, -0.2) is 36.2 Å². The lowest BCUT2D eigenvalue weighted by atomic mass is 9.93. The molecule has 0 radical (unpaired) electrons. The molecule has 0 aromatic heterocycles. The molecule has 1 unspecified atom stereocenters. The number of piperidine rings is 1. The molecule has 4 nitrogen and oxygen atoms in total. The predicted octanol–water partition coefficient (Wildman–Crippen LogP) is 3.72. The molecular weight excluding hydrogens is 240 g/mol. The summed E-state index contributed by atoms with van der Waals surface area (Å²) in [5.41, 5.74) is -0.417. The summed E-state index contributed by atoms with van der Waals surface area (Å²) < 4.78 is 5.42. The first-order valence-corrected chi connectivity index (χ1v) is 7.23. The first-order chi connectivity index (χ1) is 8.92. The lowest BCUT2D eigenvalue weighted by Gasteiger charge is -2.34. The third-order valence-corrected chi connectivity index (χ3v) is 3.30. The zero-order chi connectivity index (χ0) is 14.3. The minimum atomic E-state index is -0.417. The number of ether oxygens (including phenoxy) is 1. The van der Waals surface area contributed by atoms with Gasteiger partial charge in [-0.3, -0.25) is 0 Å². The largest absolute Gasteiger partial charge is 0.444 e. The van der Waals surface area contributed by atoms with E-state index in [1.807, 2.05) is 25.7 Å². The maximum Gasteiger partial charge on any atom is 0.410 e. The van der Waals surface area contributed by atoms with Crippen molar-refractivity contribution in [1.82, 2.24) is 4.90 Å². The Labute approximate surface area is 116 Å². The molecule has 1 aliphatic heterocycles. The van der Waals surface area contributed by atoms with E-state index in [1.54, 1.807) is 0 Å². The molecule has 108 valence electrons. The Morgan fingerprint density at radius 1 is 1.42 bits per heavy atom. The first kappa shape index (κ1) is 15.8. The van der Waals surface area contributed by atoms with Gasteiger partial charge in [-0.1, -0.05) is 0 Å². The van der Waals surface area contributed by atoms with Gasteiger partial charge < -0.3 is 14.5 Å². The van der Waals surface area contributed by atoms with Crippen molar-refractivity contribution in [2.45, 2.75) is 58.5 Å². The Morgan fingerprint density at radius 3 is 2.79 bits per heavy atom. The molecule has 0 aliphatic carbocycles. The summed E-state index contributed by atoms with van der Waals surface area (Å²) in [6, 6.07) is 0. The van der Waals surface area contributed by atoms with Gasteiger partial charge in [-0.15, -0.1) is 0 Å². The zero-order valence-corrected chi connectivity index (χ0v) is 12.4. The fraction of sp³-hybridized carbons (Fsp3) is 0.867. The van der Waals surface area contributed by atoms with Crippen LogP contribution in [0.5, 0.6) is 0 Å². The van der Waals surface area contributed by atoms with Gasteiger partial charge in [-0.25, -0.2) is 11.4 Å². The van der Waals surface area contributed by atoms with Gasteiger partial charge in [0.1, 0.15) is 5.60 Å². The van der Waals surface area contributed by atoms with E-state index >= 15 is 0 Å². The van der Waals surface area contributed by atoms with E-state index in [1.165, 1.54) is 6.42 Å². The smallest absolute Gasteiger partial charge is 0.410 e. The number of hydrogen-bond donors (Lipinski definition) is 0. The van der Waals surface area contributed by atoms with Gasteiger partial charge in [0.15, 0.2) is 0 Å². The molecule has 1 saturated heterocycles. The molecule has 0 aromatic rings. The molecule has 1 atom stereocenters. The highest BCUT2D eigenvalue weighted by atomic mass is 16.6. The van der Waals surface area contributed by atoms with Crippen LogP contribution in [-0.2, 0) is 4.74 Å². The molecule has 0 saturated carbocycles. The minimum absolute atomic E-state index is 0.182. The number of carbonyl (C=O) groups excluding carboxylic acids is 1. The van der Waals surface area contributed by atoms with E-state index in [-0.39, 0.29) is 6.09 Å². The number of unbranched alkanes of at least 4 members (excludes halogenated alkanes) is 1. The number of likely N-dealkylation sites (tertiary alicyclic amines) is 1. The molecule has 1 amide bonds. The summed E-state index contributed by atoms with van der Waals surface area (Å²) in [5, 5.41) is 0. The molecule has 1 heterocycles. The minimum Gasteiger partial charge on any atom is -0.444 e. The van der Waals surface area contributed by atoms with Crippen molar-refractivity contribution in [3.8, 4) is 0 Å². The van der Waals surface area contributed by atoms with Gasteiger partial charge in [0.2, 0.25) is 6.54 Å². The number of hydrogen-bond acceptors (Lipinski definition) is 2. The van der Waals surface area contributed by atoms with Crippen LogP contribution in [0.2, 0.25) is 0 Å². The van der Waals surface area contributed by atoms with Crippen molar-refractivity contribution >= 4 is 6.09 Å². The van der Waals surface area contributed by atoms with Crippen LogP contribution in [0.4, 0.5) is 4.79 Å². The number of amides is 1. The Kier molecular flexibility index (Phi) is 6.14. The van der Waals surface area contributed by atoms with Crippen LogP contribution >= 0.6 is 0 Å². The standard InChI is InChI=1S/C15H26N2O2/c1-15(2,3)19-14(18)17-11-7-9-13(12-17)8-5-6-10-16-4/h13H,5-12H2,1-3H3. The average molecular weight is 266 g/mol. The van der Waals surface area contributed by atoms with Gasteiger partial charge in [0.05, 0.1) is 0 Å². The fourth-order valence-corrected chi connectivity index (χ4v) is 2.42. The summed E-state index contributed by atoms with van der Waals surface area (Å²) in [4.78, 5) is 17.2. The second kappa shape index (κ2) is 7.37. The van der Waals surface area contributed by atoms with Crippen LogP contribution in [0.15, 0.2) is 0 Å². The fourth-order valence-electron chi connectivity index (χ4n) is 2.42. The van der Waals surface area contributed by atoms with Crippen molar-refractivity contribution in [3.63, 3.8) is 0 Å². The van der Waals surface area contributed by atoms with Crippen molar-refractivity contribution in [2.24, 2.45) is 5.92 Å². The molecular formula is C15H26N2O2. The maximum absolute atomic E-state index is 12.0. The highest BCUT2D eigenvalue weighted by Gasteiger charge is 2.27. The van der Waals surface area contributed by atoms with Crippen LogP contribution in [0.25, 0.3) is 4.85 Å². The lowest BCUT2D eigenvalue weighted by molar-refractivity contribution is 0.0160. The zero-order valence-electron chi connectivity index (χ0n) is 12.4. The quantitative estimate of drug-likeness (QED) is 0.574. The molecule has 0 spiro atoms. The maximum atomic E-state index is 12.0. The summed E-state index contributed by atoms with van der Waals surface area (Å²) in [6.45, 7) is 14.7. The van der Waals surface area contributed by atoms with Gasteiger partial charge >= 0.3 is 6.09 Å². The second-order valence-corrected chi connectivity index (χ2v) is 6.31. The number of carbonyl (C=O) groups is 1. The van der Waals surface area contributed by atoms with Gasteiger partial charge in [0, 0.05) is 19.5 Å². The van der Waals surface area contributed by atoms with Crippen molar-refractivity contribution in [1.29, 1.82) is 0 Å². The molecule has 1 rings (SSSR count). The summed E-state index contributed by atoms with van der Waals surface area (Å²) >= 11 is 0. The van der Waals surface area contributed by atoms with Gasteiger partial charge in [-0.05, 0) is 52.4 Å². The van der Waals surface area contributed by atoms with E-state index < -0.39 is 5.60 Å². The molecule has 19 heavy (non-hydrogen) atoms. The Balaban J connectivity index is 2.33. The monoisotopic (exact) mass is 266 g/mol. The molecule has 4 heteroatoms. The number of rotatable bonds is 4. The third-order valence-electron chi connectivity index (χ3n) is 3.30. The average Bonchev–Trinajstić information content (AvgIpc) is 2.33. The van der Waals surface area contributed by atoms with Gasteiger partial charge in [-0.2, -0.15) is 0 Å². The van der Waals surface area contributed by atoms with Gasteiger partial charge in [0.25, 0.3) is 0 Å². The van der Waals surface area contributed by atoms with E-state index in [0.29, 0.717) is 12.5 Å². The van der Waals surface area contributed by atoms with E-state index in [9.17, 15) is 4.79 Å². The highest BCUT2D eigenvalue weighted by Crippen LogP contribution is 2.23. The topological polar surface area (TPSA) is 33.9 Å². The van der Waals surface area contributed by atoms with Crippen molar-refractivity contribution < 1.29 is 9.53 Å². The highest BCUT2D eigenvalue weighted by molar-refractivity contribution is 5.68. The van der Waals surface area contributed by atoms with Crippen molar-refractivity contribution in [2.75, 3.05) is 19.6 Å². The summed E-state index contributed by atoms with van der Waals surface area (Å²) in [6.07, 6.45) is 5.26. The molecule has 1 aliphatic rings. The Hall–Kier alpha value is -1.24. The summed E-state index contributed by atoms with van der Waals surface area (Å²) in [5.74, 6) is 0.576. The van der Waals surface area contributed by atoms with Crippen LogP contribution in [0.3, 0.4) is 0 Å². The summed E-state index contributed by atoms with van der Waals surface area (Å²) in [7, 11) is 0. The number of nitrogens with zero attached hydrogens (tertiary/aromatic N) is 2. The predicted molar refractivity (Wildman–Crippen MR) is 75.9 cm³/mol. The van der Waals surface area contributed by atoms with Crippen molar-refractivity contribution in [3.05, 3.63) is 11.4 Å². The Bertz CT molecular complexity index is 328. The van der Waals surface area contributed by atoms with Crippen LogP contribution in [0.1, 0.15) is 52.9 Å². The SMILES string of the molecule is [C-]#[N+]CCCCC1CCCN(C(=O)OC(C)(C)C)C1. The molecule has 0 bridgehead atoms. The lowest BCUT2D eigenvalue weighted by Crippen LogP contribution is -2.42.